The van der Waals surface area contributed by atoms with Crippen LogP contribution in [0.1, 0.15) is 48.3 Å². The molecule has 0 aliphatic heterocycles. The molecule has 0 radical (unpaired) electrons. The first-order chi connectivity index (χ1) is 12.4. The van der Waals surface area contributed by atoms with Crippen molar-refractivity contribution in [1.29, 1.82) is 0 Å². The van der Waals surface area contributed by atoms with Crippen molar-refractivity contribution >= 4 is 11.8 Å². The summed E-state index contributed by atoms with van der Waals surface area (Å²) < 4.78 is 15.3. The van der Waals surface area contributed by atoms with Gasteiger partial charge in [0, 0.05) is 24.3 Å². The highest BCUT2D eigenvalue weighted by Crippen LogP contribution is 2.27. The number of hydrogen-bond donors (Lipinski definition) is 2. The number of benzene rings is 1. The maximum absolute atomic E-state index is 12.1. The van der Waals surface area contributed by atoms with E-state index in [9.17, 15) is 9.59 Å². The van der Waals surface area contributed by atoms with Crippen LogP contribution in [0.25, 0.3) is 0 Å². The second-order valence-corrected chi connectivity index (χ2v) is 5.77. The average molecular weight is 362 g/mol. The molecule has 0 unspecified atom stereocenters. The molecule has 2 amide bonds. The molecule has 0 aliphatic rings. The molecule has 2 aromatic rings. The van der Waals surface area contributed by atoms with E-state index in [0.717, 1.165) is 0 Å². The Kier molecular flexibility index (Phi) is 6.54. The van der Waals surface area contributed by atoms with Crippen LogP contribution in [-0.4, -0.2) is 36.2 Å². The number of carbonyl (C=O) groups excluding carboxylic acids is 2. The first-order valence-electron chi connectivity index (χ1n) is 8.08. The predicted octanol–water partition coefficient (Wildman–Crippen LogP) is 1.60. The van der Waals surface area contributed by atoms with Gasteiger partial charge in [0.2, 0.25) is 11.8 Å². The van der Waals surface area contributed by atoms with E-state index in [1.54, 1.807) is 12.1 Å². The second kappa shape index (κ2) is 8.84. The topological polar surface area (TPSA) is 116 Å². The predicted molar refractivity (Wildman–Crippen MR) is 91.9 cm³/mol. The van der Waals surface area contributed by atoms with Crippen LogP contribution >= 0.6 is 0 Å². The van der Waals surface area contributed by atoms with Crippen molar-refractivity contribution in [2.45, 2.75) is 32.6 Å². The van der Waals surface area contributed by atoms with Crippen LogP contribution in [0, 0.1) is 0 Å². The lowest BCUT2D eigenvalue weighted by molar-refractivity contribution is -0.121. The molecule has 0 bridgehead atoms. The van der Waals surface area contributed by atoms with Gasteiger partial charge in [-0.3, -0.25) is 20.4 Å². The summed E-state index contributed by atoms with van der Waals surface area (Å²) in [5, 5.41) is 3.83. The summed E-state index contributed by atoms with van der Waals surface area (Å²) in [6, 6.07) is 4.69. The Labute approximate surface area is 151 Å². The van der Waals surface area contributed by atoms with Gasteiger partial charge in [0.05, 0.1) is 14.2 Å². The van der Waals surface area contributed by atoms with Gasteiger partial charge in [-0.15, -0.1) is 0 Å². The number of methoxy groups -OCH3 is 2. The first-order valence-corrected chi connectivity index (χ1v) is 8.08. The number of hydrazine groups is 1. The van der Waals surface area contributed by atoms with E-state index in [-0.39, 0.29) is 24.7 Å². The third-order valence-corrected chi connectivity index (χ3v) is 3.53. The largest absolute Gasteiger partial charge is 0.493 e. The highest BCUT2D eigenvalue weighted by molar-refractivity contribution is 5.96. The van der Waals surface area contributed by atoms with Gasteiger partial charge in [-0.2, -0.15) is 4.98 Å². The number of nitrogens with one attached hydrogen (secondary N) is 2. The number of aryl methyl sites for hydroxylation is 1. The average Bonchev–Trinajstić information content (AvgIpc) is 3.13. The minimum Gasteiger partial charge on any atom is -0.493 e. The molecule has 0 atom stereocenters. The monoisotopic (exact) mass is 362 g/mol. The van der Waals surface area contributed by atoms with E-state index in [1.807, 2.05) is 13.8 Å². The molecule has 9 nitrogen and oxygen atoms in total. The molecule has 0 saturated heterocycles. The Morgan fingerprint density at radius 2 is 1.88 bits per heavy atom. The number of rotatable bonds is 7. The van der Waals surface area contributed by atoms with Gasteiger partial charge in [-0.05, 0) is 18.2 Å². The van der Waals surface area contributed by atoms with Crippen molar-refractivity contribution in [2.24, 2.45) is 0 Å². The summed E-state index contributed by atoms with van der Waals surface area (Å²) in [6.45, 7) is 3.90. The summed E-state index contributed by atoms with van der Waals surface area (Å²) in [7, 11) is 2.98. The van der Waals surface area contributed by atoms with E-state index in [4.69, 9.17) is 14.0 Å². The lowest BCUT2D eigenvalue weighted by atomic mass is 10.2. The smallest absolute Gasteiger partial charge is 0.269 e. The van der Waals surface area contributed by atoms with Crippen molar-refractivity contribution in [3.63, 3.8) is 0 Å². The fourth-order valence-corrected chi connectivity index (χ4v) is 2.06. The summed E-state index contributed by atoms with van der Waals surface area (Å²) in [5.41, 5.74) is 5.01. The van der Waals surface area contributed by atoms with E-state index in [2.05, 4.69) is 21.0 Å². The zero-order valence-electron chi connectivity index (χ0n) is 15.2. The van der Waals surface area contributed by atoms with E-state index in [0.29, 0.717) is 28.8 Å². The minimum absolute atomic E-state index is 0.103. The molecule has 1 aromatic carbocycles. The van der Waals surface area contributed by atoms with Gasteiger partial charge >= 0.3 is 0 Å². The number of nitrogens with zero attached hydrogens (tertiary/aromatic N) is 2. The molecule has 2 rings (SSSR count). The normalized spacial score (nSPS) is 10.5. The Bertz CT molecular complexity index is 772. The Hall–Kier alpha value is -3.10. The van der Waals surface area contributed by atoms with Crippen LogP contribution in [0.4, 0.5) is 0 Å². The molecule has 2 N–H and O–H groups in total. The number of hydrogen-bond acceptors (Lipinski definition) is 7. The van der Waals surface area contributed by atoms with Crippen molar-refractivity contribution in [1.82, 2.24) is 21.0 Å². The standard InChI is InChI=1S/C17H22N4O5/c1-10(2)16-18-15(26-21-16)8-7-14(22)19-20-17(23)11-5-6-12(24-3)13(9-11)25-4/h5-6,9-10H,7-8H2,1-4H3,(H,19,22)(H,20,23). The van der Waals surface area contributed by atoms with Crippen LogP contribution in [0.2, 0.25) is 0 Å². The molecule has 26 heavy (non-hydrogen) atoms. The minimum atomic E-state index is -0.473. The Balaban J connectivity index is 1.83. The second-order valence-electron chi connectivity index (χ2n) is 5.77. The molecule has 0 spiro atoms. The van der Waals surface area contributed by atoms with Gasteiger partial charge in [-0.1, -0.05) is 19.0 Å². The van der Waals surface area contributed by atoms with Gasteiger partial charge < -0.3 is 14.0 Å². The summed E-state index contributed by atoms with van der Waals surface area (Å²) in [6.07, 6.45) is 0.393. The van der Waals surface area contributed by atoms with Crippen LogP contribution < -0.4 is 20.3 Å². The fourth-order valence-electron chi connectivity index (χ4n) is 2.06. The summed E-state index contributed by atoms with van der Waals surface area (Å²) >= 11 is 0. The van der Waals surface area contributed by atoms with E-state index >= 15 is 0 Å². The molecular weight excluding hydrogens is 340 g/mol. The Morgan fingerprint density at radius 3 is 2.50 bits per heavy atom. The molecule has 140 valence electrons. The molecule has 1 heterocycles. The molecule has 1 aromatic heterocycles. The quantitative estimate of drug-likeness (QED) is 0.719. The van der Waals surface area contributed by atoms with Gasteiger partial charge in [-0.25, -0.2) is 0 Å². The SMILES string of the molecule is COc1ccc(C(=O)NNC(=O)CCc2nc(C(C)C)no2)cc1OC. The van der Waals surface area contributed by atoms with Crippen LogP contribution in [0.15, 0.2) is 22.7 Å². The van der Waals surface area contributed by atoms with Crippen LogP contribution in [-0.2, 0) is 11.2 Å². The molecule has 0 aliphatic carbocycles. The lowest BCUT2D eigenvalue weighted by Gasteiger charge is -2.10. The summed E-state index contributed by atoms with van der Waals surface area (Å²) in [4.78, 5) is 28.2. The molecule has 0 fully saturated rings. The lowest BCUT2D eigenvalue weighted by Crippen LogP contribution is -2.41. The highest BCUT2D eigenvalue weighted by Gasteiger charge is 2.13. The third-order valence-electron chi connectivity index (χ3n) is 3.53. The van der Waals surface area contributed by atoms with Gasteiger partial charge in [0.25, 0.3) is 5.91 Å². The zero-order chi connectivity index (χ0) is 19.1. The van der Waals surface area contributed by atoms with Crippen LogP contribution in [0.5, 0.6) is 11.5 Å². The fraction of sp³-hybridized carbons (Fsp3) is 0.412. The Morgan fingerprint density at radius 1 is 1.15 bits per heavy atom. The molecular formula is C17H22N4O5. The maximum Gasteiger partial charge on any atom is 0.269 e. The van der Waals surface area contributed by atoms with Crippen molar-refractivity contribution in [3.05, 3.63) is 35.5 Å². The van der Waals surface area contributed by atoms with Crippen LogP contribution in [0.3, 0.4) is 0 Å². The number of ether oxygens (including phenoxy) is 2. The third kappa shape index (κ3) is 4.95. The van der Waals surface area contributed by atoms with E-state index < -0.39 is 5.91 Å². The van der Waals surface area contributed by atoms with Crippen molar-refractivity contribution in [2.75, 3.05) is 14.2 Å². The van der Waals surface area contributed by atoms with Gasteiger partial charge in [0.15, 0.2) is 17.3 Å². The first kappa shape index (κ1) is 19.2. The van der Waals surface area contributed by atoms with Gasteiger partial charge in [0.1, 0.15) is 0 Å². The van der Waals surface area contributed by atoms with E-state index in [1.165, 1.54) is 20.3 Å². The number of aromatic nitrogens is 2. The van der Waals surface area contributed by atoms with Crippen molar-refractivity contribution < 1.29 is 23.6 Å². The number of carbonyl (C=O) groups is 2. The van der Waals surface area contributed by atoms with Crippen molar-refractivity contribution in [3.8, 4) is 11.5 Å². The molecule has 9 heteroatoms. The molecule has 0 saturated carbocycles. The summed E-state index contributed by atoms with van der Waals surface area (Å²) in [5.74, 6) is 1.22. The zero-order valence-corrected chi connectivity index (χ0v) is 15.2. The number of amides is 2. The maximum atomic E-state index is 12.1. The highest BCUT2D eigenvalue weighted by atomic mass is 16.5.